The summed E-state index contributed by atoms with van der Waals surface area (Å²) in [6.45, 7) is 2.74. The highest BCUT2D eigenvalue weighted by Gasteiger charge is 2.03. The lowest BCUT2D eigenvalue weighted by Crippen LogP contribution is -2.14. The molecule has 1 heterocycles. The Labute approximate surface area is 112 Å². The van der Waals surface area contributed by atoms with Crippen LogP contribution in [-0.4, -0.2) is 25.2 Å². The summed E-state index contributed by atoms with van der Waals surface area (Å²) in [5.74, 6) is 0. The number of ether oxygens (including phenoxy) is 1. The number of benzene rings is 1. The Balaban J connectivity index is 1.84. The number of hydrogen-bond donors (Lipinski definition) is 2. The molecule has 0 spiro atoms. The van der Waals surface area contributed by atoms with E-state index in [0.717, 1.165) is 43.1 Å². The quantitative estimate of drug-likeness (QED) is 0.754. The van der Waals surface area contributed by atoms with E-state index in [1.54, 1.807) is 7.11 Å². The van der Waals surface area contributed by atoms with Crippen molar-refractivity contribution in [2.45, 2.75) is 19.4 Å². The summed E-state index contributed by atoms with van der Waals surface area (Å²) < 4.78 is 5.02. The Hall–Kier alpha value is -1.03. The summed E-state index contributed by atoms with van der Waals surface area (Å²) in [5, 5.41) is 5.45. The first-order valence-electron chi connectivity index (χ1n) is 6.26. The Bertz CT molecular complexity index is 495. The minimum atomic E-state index is 0.767. The van der Waals surface area contributed by atoms with Crippen LogP contribution in [0.3, 0.4) is 0 Å². The molecule has 0 radical (unpaired) electrons. The number of aromatic nitrogens is 1. The Kier molecular flexibility index (Phi) is 5.05. The minimum Gasteiger partial charge on any atom is -0.385 e. The van der Waals surface area contributed by atoms with Gasteiger partial charge in [-0.25, -0.2) is 0 Å². The molecule has 98 valence electrons. The molecular formula is C14H19ClN2O. The van der Waals surface area contributed by atoms with Gasteiger partial charge in [0.2, 0.25) is 0 Å². The summed E-state index contributed by atoms with van der Waals surface area (Å²) in [6.07, 6.45) is 4.29. The van der Waals surface area contributed by atoms with Crippen LogP contribution in [0.5, 0.6) is 0 Å². The Morgan fingerprint density at radius 3 is 3.06 bits per heavy atom. The van der Waals surface area contributed by atoms with Crippen molar-refractivity contribution in [3.8, 4) is 0 Å². The number of fused-ring (bicyclic) bond motifs is 1. The lowest BCUT2D eigenvalue weighted by atomic mass is 10.2. The second kappa shape index (κ2) is 6.78. The first kappa shape index (κ1) is 13.4. The molecule has 0 aliphatic heterocycles. The van der Waals surface area contributed by atoms with Gasteiger partial charge in [0.25, 0.3) is 0 Å². The highest BCUT2D eigenvalue weighted by molar-refractivity contribution is 6.31. The van der Waals surface area contributed by atoms with Crippen molar-refractivity contribution < 1.29 is 4.74 Å². The van der Waals surface area contributed by atoms with E-state index in [1.165, 1.54) is 10.9 Å². The second-order valence-corrected chi connectivity index (χ2v) is 4.82. The van der Waals surface area contributed by atoms with E-state index in [-0.39, 0.29) is 0 Å². The van der Waals surface area contributed by atoms with Gasteiger partial charge in [-0.15, -0.1) is 0 Å². The third kappa shape index (κ3) is 3.48. The average molecular weight is 267 g/mol. The van der Waals surface area contributed by atoms with E-state index >= 15 is 0 Å². The van der Waals surface area contributed by atoms with Gasteiger partial charge in [-0.2, -0.15) is 0 Å². The predicted octanol–water partition coefficient (Wildman–Crippen LogP) is 3.34. The van der Waals surface area contributed by atoms with Gasteiger partial charge < -0.3 is 15.0 Å². The minimum absolute atomic E-state index is 0.767. The summed E-state index contributed by atoms with van der Waals surface area (Å²) in [7, 11) is 1.74. The summed E-state index contributed by atoms with van der Waals surface area (Å²) in [6, 6.07) is 5.95. The fourth-order valence-electron chi connectivity index (χ4n) is 2.02. The maximum atomic E-state index is 5.96. The number of aromatic amines is 1. The zero-order valence-electron chi connectivity index (χ0n) is 10.6. The molecule has 0 aliphatic carbocycles. The predicted molar refractivity (Wildman–Crippen MR) is 76.1 cm³/mol. The first-order valence-corrected chi connectivity index (χ1v) is 6.64. The number of rotatable bonds is 7. The number of methoxy groups -OCH3 is 1. The molecule has 0 saturated heterocycles. The largest absolute Gasteiger partial charge is 0.385 e. The normalized spacial score (nSPS) is 11.2. The highest BCUT2D eigenvalue weighted by atomic mass is 35.5. The molecule has 0 bridgehead atoms. The van der Waals surface area contributed by atoms with Crippen LogP contribution >= 0.6 is 11.6 Å². The van der Waals surface area contributed by atoms with Crippen LogP contribution in [-0.2, 0) is 11.3 Å². The van der Waals surface area contributed by atoms with Gasteiger partial charge >= 0.3 is 0 Å². The van der Waals surface area contributed by atoms with E-state index in [9.17, 15) is 0 Å². The van der Waals surface area contributed by atoms with Crippen molar-refractivity contribution in [2.24, 2.45) is 0 Å². The van der Waals surface area contributed by atoms with Crippen LogP contribution < -0.4 is 5.32 Å². The molecule has 1 aromatic carbocycles. The Morgan fingerprint density at radius 1 is 1.33 bits per heavy atom. The maximum Gasteiger partial charge on any atom is 0.0472 e. The van der Waals surface area contributed by atoms with Crippen molar-refractivity contribution >= 4 is 22.5 Å². The Morgan fingerprint density at radius 2 is 2.22 bits per heavy atom. The SMILES string of the molecule is COCCCCNCc1c[nH]c2cc(Cl)ccc12. The lowest BCUT2D eigenvalue weighted by molar-refractivity contribution is 0.192. The smallest absolute Gasteiger partial charge is 0.0472 e. The zero-order valence-corrected chi connectivity index (χ0v) is 11.4. The molecule has 18 heavy (non-hydrogen) atoms. The van der Waals surface area contributed by atoms with E-state index < -0.39 is 0 Å². The standard InChI is InChI=1S/C14H19ClN2O/c1-18-7-3-2-6-16-9-11-10-17-14-8-12(15)4-5-13(11)14/h4-5,8,10,16-17H,2-3,6-7,9H2,1H3. The third-order valence-electron chi connectivity index (χ3n) is 3.00. The van der Waals surface area contributed by atoms with Gasteiger partial charge in [-0.05, 0) is 37.1 Å². The van der Waals surface area contributed by atoms with Crippen LogP contribution in [0.15, 0.2) is 24.4 Å². The summed E-state index contributed by atoms with van der Waals surface area (Å²) in [4.78, 5) is 3.25. The first-order chi connectivity index (χ1) is 8.81. The summed E-state index contributed by atoms with van der Waals surface area (Å²) >= 11 is 5.96. The number of nitrogens with one attached hydrogen (secondary N) is 2. The molecule has 3 nitrogen and oxygen atoms in total. The fourth-order valence-corrected chi connectivity index (χ4v) is 2.20. The van der Waals surface area contributed by atoms with Crippen molar-refractivity contribution in [2.75, 3.05) is 20.3 Å². The molecule has 0 aliphatic rings. The third-order valence-corrected chi connectivity index (χ3v) is 3.23. The van der Waals surface area contributed by atoms with Gasteiger partial charge in [-0.1, -0.05) is 17.7 Å². The monoisotopic (exact) mass is 266 g/mol. The van der Waals surface area contributed by atoms with E-state index in [4.69, 9.17) is 16.3 Å². The number of hydrogen-bond acceptors (Lipinski definition) is 2. The lowest BCUT2D eigenvalue weighted by Gasteiger charge is -2.03. The van der Waals surface area contributed by atoms with Crippen LogP contribution in [0, 0.1) is 0 Å². The molecule has 4 heteroatoms. The zero-order chi connectivity index (χ0) is 12.8. The molecule has 0 amide bonds. The molecule has 1 aromatic heterocycles. The molecule has 0 atom stereocenters. The van der Waals surface area contributed by atoms with Gasteiger partial charge in [0.05, 0.1) is 0 Å². The van der Waals surface area contributed by atoms with Crippen LogP contribution in [0.1, 0.15) is 18.4 Å². The van der Waals surface area contributed by atoms with Gasteiger partial charge in [0.1, 0.15) is 0 Å². The molecule has 0 saturated carbocycles. The van der Waals surface area contributed by atoms with Crippen molar-refractivity contribution in [1.29, 1.82) is 0 Å². The molecule has 0 unspecified atom stereocenters. The molecule has 2 rings (SSSR count). The molecular weight excluding hydrogens is 248 g/mol. The van der Waals surface area contributed by atoms with Crippen LogP contribution in [0.4, 0.5) is 0 Å². The van der Waals surface area contributed by atoms with Gasteiger partial charge in [0.15, 0.2) is 0 Å². The molecule has 2 N–H and O–H groups in total. The number of H-pyrrole nitrogens is 1. The molecule has 2 aromatic rings. The summed E-state index contributed by atoms with van der Waals surface area (Å²) in [5.41, 5.74) is 2.38. The maximum absolute atomic E-state index is 5.96. The van der Waals surface area contributed by atoms with E-state index in [1.807, 2.05) is 18.3 Å². The second-order valence-electron chi connectivity index (χ2n) is 4.38. The van der Waals surface area contributed by atoms with Crippen molar-refractivity contribution in [1.82, 2.24) is 10.3 Å². The van der Waals surface area contributed by atoms with E-state index in [0.29, 0.717) is 0 Å². The topological polar surface area (TPSA) is 37.0 Å². The van der Waals surface area contributed by atoms with Gasteiger partial charge in [0, 0.05) is 42.4 Å². The van der Waals surface area contributed by atoms with E-state index in [2.05, 4.69) is 16.4 Å². The molecule has 0 fully saturated rings. The number of unbranched alkanes of at least 4 members (excludes halogenated alkanes) is 1. The number of halogens is 1. The van der Waals surface area contributed by atoms with Crippen LogP contribution in [0.2, 0.25) is 5.02 Å². The fraction of sp³-hybridized carbons (Fsp3) is 0.429. The highest BCUT2D eigenvalue weighted by Crippen LogP contribution is 2.21. The van der Waals surface area contributed by atoms with Crippen LogP contribution in [0.25, 0.3) is 10.9 Å². The van der Waals surface area contributed by atoms with Crippen molar-refractivity contribution in [3.63, 3.8) is 0 Å². The average Bonchev–Trinajstić information content (AvgIpc) is 2.76. The van der Waals surface area contributed by atoms with Crippen molar-refractivity contribution in [3.05, 3.63) is 35.0 Å². The van der Waals surface area contributed by atoms with Gasteiger partial charge in [-0.3, -0.25) is 0 Å².